The van der Waals surface area contributed by atoms with E-state index < -0.39 is 68.6 Å². The van der Waals surface area contributed by atoms with Crippen molar-refractivity contribution >= 4 is 50.5 Å². The van der Waals surface area contributed by atoms with Crippen molar-refractivity contribution in [3.63, 3.8) is 0 Å². The van der Waals surface area contributed by atoms with E-state index in [0.29, 0.717) is 30.3 Å². The van der Waals surface area contributed by atoms with Crippen LogP contribution >= 0.6 is 0 Å². The first-order valence-corrected chi connectivity index (χ1v) is 23.4. The third-order valence-corrected chi connectivity index (χ3v) is 17.1. The quantitative estimate of drug-likeness (QED) is 0.170. The van der Waals surface area contributed by atoms with Crippen molar-refractivity contribution in [3.05, 3.63) is 54.7 Å². The molecule has 5 aliphatic rings. The van der Waals surface area contributed by atoms with Crippen LogP contribution in [0.2, 0.25) is 0 Å². The molecule has 4 aliphatic carbocycles. The highest BCUT2D eigenvalue weighted by Crippen LogP contribution is 2.88. The number of nitrogens with one attached hydrogen (secondary N) is 5. The summed E-state index contributed by atoms with van der Waals surface area (Å²) in [5.74, 6) is -3.25. The molecule has 2 aromatic heterocycles. The Kier molecular flexibility index (Phi) is 10.7. The van der Waals surface area contributed by atoms with Crippen LogP contribution in [-0.4, -0.2) is 88.0 Å². The molecule has 4 saturated carbocycles. The van der Waals surface area contributed by atoms with E-state index in [9.17, 15) is 27.6 Å². The van der Waals surface area contributed by atoms with Crippen LogP contribution in [0.4, 0.5) is 0 Å². The Morgan fingerprint density at radius 1 is 0.951 bits per heavy atom. The van der Waals surface area contributed by atoms with Crippen LogP contribution in [0.3, 0.4) is 0 Å². The van der Waals surface area contributed by atoms with Crippen LogP contribution in [0.25, 0.3) is 10.9 Å². The maximum absolute atomic E-state index is 15.3. The molecule has 15 nitrogen and oxygen atoms in total. The maximum Gasteiger partial charge on any atom is 0.272 e. The average molecular weight is 857 g/mol. The highest BCUT2D eigenvalue weighted by atomic mass is 32.2. The molecule has 61 heavy (non-hydrogen) atoms. The van der Waals surface area contributed by atoms with Crippen molar-refractivity contribution in [2.24, 2.45) is 33.5 Å². The molecule has 328 valence electrons. The minimum Gasteiger partial charge on any atom is -0.360 e. The van der Waals surface area contributed by atoms with Gasteiger partial charge in [-0.2, -0.15) is 0 Å². The number of hydrogen-bond acceptors (Lipinski definition) is 9. The number of hydrogen-bond donors (Lipinski definition) is 5. The lowest BCUT2D eigenvalue weighted by Crippen LogP contribution is -2.62. The second-order valence-corrected chi connectivity index (χ2v) is 21.6. The molecule has 5 fully saturated rings. The van der Waals surface area contributed by atoms with Gasteiger partial charge in [0.15, 0.2) is 0 Å². The smallest absolute Gasteiger partial charge is 0.272 e. The Morgan fingerprint density at radius 3 is 2.30 bits per heavy atom. The molecule has 2 spiro atoms. The Balaban J connectivity index is 1.07. The second-order valence-electron chi connectivity index (χ2n) is 20.0. The van der Waals surface area contributed by atoms with Crippen LogP contribution in [0, 0.1) is 33.5 Å². The predicted molar refractivity (Wildman–Crippen MR) is 227 cm³/mol. The number of H-pyrrole nitrogens is 1. The number of amides is 5. The summed E-state index contributed by atoms with van der Waals surface area (Å²) in [5.41, 5.74) is -2.44. The van der Waals surface area contributed by atoms with Gasteiger partial charge < -0.3 is 25.8 Å². The summed E-state index contributed by atoms with van der Waals surface area (Å²) in [6, 6.07) is 3.55. The monoisotopic (exact) mass is 856 g/mol. The fourth-order valence-electron chi connectivity index (χ4n) is 11.8. The van der Waals surface area contributed by atoms with Crippen molar-refractivity contribution in [1.29, 1.82) is 0 Å². The summed E-state index contributed by atoms with van der Waals surface area (Å²) in [7, 11) is -4.34. The first-order chi connectivity index (χ1) is 28.8. The molecule has 3 heterocycles. The zero-order valence-corrected chi connectivity index (χ0v) is 36.9. The zero-order valence-electron chi connectivity index (χ0n) is 36.1. The maximum atomic E-state index is 15.3. The van der Waals surface area contributed by atoms with Crippen molar-refractivity contribution < 1.29 is 32.4 Å². The second kappa shape index (κ2) is 15.2. The number of nitrogens with zero attached hydrogens (tertiary/aromatic N) is 3. The number of fused-ring (bicyclic) bond motifs is 2. The number of aromatic nitrogens is 3. The van der Waals surface area contributed by atoms with Gasteiger partial charge >= 0.3 is 0 Å². The van der Waals surface area contributed by atoms with Gasteiger partial charge in [-0.3, -0.25) is 29.0 Å². The summed E-state index contributed by atoms with van der Waals surface area (Å²) in [5, 5.41) is 9.66. The normalized spacial score (nSPS) is 27.5. The number of carbonyl (C=O) groups is 5. The highest BCUT2D eigenvalue weighted by molar-refractivity contribution is 7.90. The number of sulfonamides is 1. The van der Waals surface area contributed by atoms with Gasteiger partial charge in [0.2, 0.25) is 17.7 Å². The number of para-hydroxylation sites is 1. The molecule has 6 atom stereocenters. The largest absolute Gasteiger partial charge is 0.360 e. The van der Waals surface area contributed by atoms with Crippen molar-refractivity contribution in [2.75, 3.05) is 6.54 Å². The van der Waals surface area contributed by atoms with E-state index in [-0.39, 0.29) is 45.1 Å². The molecule has 0 radical (unpaired) electrons. The third-order valence-electron chi connectivity index (χ3n) is 15.7. The molecule has 1 aromatic carbocycles. The van der Waals surface area contributed by atoms with Gasteiger partial charge in [0, 0.05) is 35.9 Å². The first-order valence-electron chi connectivity index (χ1n) is 22.0. The third kappa shape index (κ3) is 7.00. The number of carbonyl (C=O) groups excluding carboxylic acids is 5. The number of aromatic amines is 1. The van der Waals surface area contributed by atoms with Crippen LogP contribution in [0.1, 0.15) is 123 Å². The topological polar surface area (TPSA) is 212 Å². The van der Waals surface area contributed by atoms with E-state index in [0.717, 1.165) is 51.4 Å². The van der Waals surface area contributed by atoms with E-state index in [4.69, 9.17) is 0 Å². The molecule has 5 N–H and O–H groups in total. The minimum absolute atomic E-state index is 0.0434. The van der Waals surface area contributed by atoms with Gasteiger partial charge in [0.1, 0.15) is 34.3 Å². The molecule has 1 aliphatic heterocycles. The molecule has 1 unspecified atom stereocenters. The van der Waals surface area contributed by atoms with E-state index in [1.54, 1.807) is 29.3 Å². The fourth-order valence-corrected chi connectivity index (χ4v) is 13.0. The Bertz CT molecular complexity index is 2350. The fraction of sp³-hybridized carbons (Fsp3) is 0.622. The molecule has 8 rings (SSSR count). The SMILES string of the molecule is CC[C@@H]1C[C@]1(NC(=O)[C@@H]1C[C@@]2(CN1C(=O)[C@@H](NC(=O)C(NC(=O)c1cnccn1)C1CCCCC1)C(C)(C)C)C(C)(C)C21CCC1)C(=O)NS(=O)(=O)c1cccc2cc[nH]c12. The molecular weight excluding hydrogens is 797 g/mol. The van der Waals surface area contributed by atoms with Crippen molar-refractivity contribution in [3.8, 4) is 0 Å². The van der Waals surface area contributed by atoms with Crippen LogP contribution in [0.15, 0.2) is 53.9 Å². The summed E-state index contributed by atoms with van der Waals surface area (Å²) >= 11 is 0. The lowest BCUT2D eigenvalue weighted by Gasteiger charge is -2.38. The van der Waals surface area contributed by atoms with Crippen molar-refractivity contribution in [2.45, 2.75) is 141 Å². The highest BCUT2D eigenvalue weighted by Gasteiger charge is 2.85. The van der Waals surface area contributed by atoms with Crippen molar-refractivity contribution in [1.82, 2.24) is 40.5 Å². The lowest BCUT2D eigenvalue weighted by molar-refractivity contribution is -0.145. The number of likely N-dealkylation sites (tertiary alicyclic amines) is 1. The molecule has 0 bridgehead atoms. The van der Waals surface area contributed by atoms with Crippen LogP contribution in [-0.2, 0) is 29.2 Å². The van der Waals surface area contributed by atoms with Gasteiger partial charge in [0.05, 0.1) is 11.7 Å². The molecule has 1 saturated heterocycles. The molecular formula is C45H60N8O7S. The van der Waals surface area contributed by atoms with E-state index >= 15 is 4.79 Å². The number of rotatable bonds is 12. The summed E-state index contributed by atoms with van der Waals surface area (Å²) in [6.45, 7) is 12.2. The van der Waals surface area contributed by atoms with Crippen LogP contribution in [0.5, 0.6) is 0 Å². The molecule has 16 heteroatoms. The van der Waals surface area contributed by atoms with Gasteiger partial charge in [-0.25, -0.2) is 18.1 Å². The van der Waals surface area contributed by atoms with Gasteiger partial charge in [-0.15, -0.1) is 0 Å². The number of benzene rings is 1. The average Bonchev–Trinajstić information content (AvgIpc) is 3.72. The molecule has 5 amide bonds. The lowest BCUT2D eigenvalue weighted by atomic mass is 9.73. The predicted octanol–water partition coefficient (Wildman–Crippen LogP) is 4.75. The van der Waals surface area contributed by atoms with Gasteiger partial charge in [-0.1, -0.05) is 85.8 Å². The zero-order chi connectivity index (χ0) is 43.8. The summed E-state index contributed by atoms with van der Waals surface area (Å²) < 4.78 is 29.8. The Hall–Kier alpha value is -4.86. The standard InChI is InChI=1S/C45H60N8O7S/c1-7-29-23-45(29,40(58)52-61(59,60)32-16-11-15-28-17-20-48-33(28)32)51-37(55)31-24-44(42(5,6)43(44)18-12-19-43)26-53(31)39(57)35(41(2,3)4)50-38(56)34(27-13-9-8-10-14-27)49-36(54)30-25-46-21-22-47-30/h11,15-17,20-22,25,27,29,31,34-35,48H,7-10,12-14,18-19,23-24,26H2,1-6H3,(H,49,54)(H,50,56)(H,51,55)(H,52,58)/t29-,31+,34?,35-,44-,45-/m1/s1. The van der Waals surface area contributed by atoms with E-state index in [1.165, 1.54) is 24.7 Å². The van der Waals surface area contributed by atoms with Gasteiger partial charge in [-0.05, 0) is 78.7 Å². The van der Waals surface area contributed by atoms with E-state index in [2.05, 4.69) is 49.5 Å². The Labute approximate surface area is 357 Å². The summed E-state index contributed by atoms with van der Waals surface area (Å²) in [4.78, 5) is 84.8. The van der Waals surface area contributed by atoms with Gasteiger partial charge in [0.25, 0.3) is 21.8 Å². The Morgan fingerprint density at radius 2 is 1.69 bits per heavy atom. The van der Waals surface area contributed by atoms with E-state index in [1.807, 2.05) is 27.7 Å². The van der Waals surface area contributed by atoms with Crippen LogP contribution < -0.4 is 20.7 Å². The minimum atomic E-state index is -4.34. The molecule has 3 aromatic rings. The first kappa shape index (κ1) is 42.8. The summed E-state index contributed by atoms with van der Waals surface area (Å²) in [6.07, 6.45) is 14.3.